The molecule has 0 N–H and O–H groups in total. The summed E-state index contributed by atoms with van der Waals surface area (Å²) in [5.74, 6) is 1.38. The largest absolute Gasteiger partial charge is 0.401 e. The Hall–Kier alpha value is -1.15. The lowest BCUT2D eigenvalue weighted by atomic mass is 10.2. The second kappa shape index (κ2) is 6.31. The molecule has 0 saturated carbocycles. The molecular weight excluding hydrogens is 285 g/mol. The Balaban J connectivity index is 1.89. The lowest BCUT2D eigenvalue weighted by molar-refractivity contribution is -0.149. The average molecular weight is 306 g/mol. The highest BCUT2D eigenvalue weighted by molar-refractivity contribution is 4.96. The Labute approximate surface area is 122 Å². The Morgan fingerprint density at radius 3 is 2.24 bits per heavy atom. The van der Waals surface area contributed by atoms with Gasteiger partial charge in [0.15, 0.2) is 5.82 Å². The summed E-state index contributed by atoms with van der Waals surface area (Å²) in [5.41, 5.74) is 0. The van der Waals surface area contributed by atoms with Crippen molar-refractivity contribution in [1.29, 1.82) is 0 Å². The highest BCUT2D eigenvalue weighted by Gasteiger charge is 2.33. The summed E-state index contributed by atoms with van der Waals surface area (Å²) in [5, 5.41) is 3.92. The van der Waals surface area contributed by atoms with Crippen LogP contribution in [0, 0.1) is 0 Å². The fourth-order valence-corrected chi connectivity index (χ4v) is 2.37. The first-order valence-electron chi connectivity index (χ1n) is 7.13. The van der Waals surface area contributed by atoms with Gasteiger partial charge in [-0.15, -0.1) is 0 Å². The molecule has 5 nitrogen and oxygen atoms in total. The van der Waals surface area contributed by atoms with Crippen LogP contribution in [0.1, 0.15) is 44.4 Å². The van der Waals surface area contributed by atoms with E-state index in [4.69, 9.17) is 4.52 Å². The molecule has 1 aliphatic rings. The number of piperazine rings is 1. The van der Waals surface area contributed by atoms with E-state index in [-0.39, 0.29) is 12.0 Å². The molecule has 0 radical (unpaired) electrons. The van der Waals surface area contributed by atoms with Gasteiger partial charge in [0.05, 0.1) is 12.6 Å². The van der Waals surface area contributed by atoms with Gasteiger partial charge in [-0.1, -0.05) is 19.0 Å². The Kier molecular flexibility index (Phi) is 4.88. The van der Waals surface area contributed by atoms with E-state index in [0.717, 1.165) is 0 Å². The molecule has 8 heteroatoms. The van der Waals surface area contributed by atoms with Gasteiger partial charge in [-0.05, 0) is 6.92 Å². The summed E-state index contributed by atoms with van der Waals surface area (Å²) in [6.45, 7) is 6.99. The summed E-state index contributed by atoms with van der Waals surface area (Å²) in [7, 11) is 0. The maximum absolute atomic E-state index is 12.4. The molecule has 1 saturated heterocycles. The fraction of sp³-hybridized carbons (Fsp3) is 0.846. The van der Waals surface area contributed by atoms with Gasteiger partial charge in [-0.2, -0.15) is 18.2 Å². The van der Waals surface area contributed by atoms with E-state index in [1.54, 1.807) is 0 Å². The summed E-state index contributed by atoms with van der Waals surface area (Å²) < 4.78 is 42.3. The van der Waals surface area contributed by atoms with Crippen molar-refractivity contribution in [3.05, 3.63) is 11.7 Å². The number of alkyl halides is 3. The number of rotatable bonds is 4. The Morgan fingerprint density at radius 2 is 1.76 bits per heavy atom. The summed E-state index contributed by atoms with van der Waals surface area (Å²) >= 11 is 0. The predicted molar refractivity (Wildman–Crippen MR) is 70.9 cm³/mol. The molecule has 1 aromatic heterocycles. The van der Waals surface area contributed by atoms with Crippen LogP contribution in [0.4, 0.5) is 13.2 Å². The van der Waals surface area contributed by atoms with Gasteiger partial charge < -0.3 is 4.52 Å². The fourth-order valence-electron chi connectivity index (χ4n) is 2.37. The third-order valence-corrected chi connectivity index (χ3v) is 3.69. The number of hydrogen-bond donors (Lipinski definition) is 0. The number of hydrogen-bond acceptors (Lipinski definition) is 5. The van der Waals surface area contributed by atoms with Crippen molar-refractivity contribution in [1.82, 2.24) is 19.9 Å². The van der Waals surface area contributed by atoms with Crippen molar-refractivity contribution in [2.75, 3.05) is 32.7 Å². The van der Waals surface area contributed by atoms with Crippen LogP contribution in [0.3, 0.4) is 0 Å². The van der Waals surface area contributed by atoms with Crippen LogP contribution >= 0.6 is 0 Å². The van der Waals surface area contributed by atoms with E-state index in [1.165, 1.54) is 4.90 Å². The second-order valence-electron chi connectivity index (χ2n) is 5.75. The number of nitrogens with zero attached hydrogens (tertiary/aromatic N) is 4. The molecule has 1 fully saturated rings. The van der Waals surface area contributed by atoms with Crippen LogP contribution in [0.5, 0.6) is 0 Å². The first kappa shape index (κ1) is 16.2. The summed E-state index contributed by atoms with van der Waals surface area (Å²) in [6.07, 6.45) is -4.13. The molecule has 1 atom stereocenters. The van der Waals surface area contributed by atoms with E-state index in [0.29, 0.717) is 37.9 Å². The molecular formula is C13H21F3N4O. The first-order chi connectivity index (χ1) is 9.76. The molecule has 120 valence electrons. The van der Waals surface area contributed by atoms with Gasteiger partial charge in [0.2, 0.25) is 5.89 Å². The molecule has 2 rings (SSSR count). The minimum atomic E-state index is -4.13. The van der Waals surface area contributed by atoms with E-state index < -0.39 is 12.7 Å². The molecule has 0 aromatic carbocycles. The molecule has 21 heavy (non-hydrogen) atoms. The summed E-state index contributed by atoms with van der Waals surface area (Å²) in [4.78, 5) is 7.85. The maximum Gasteiger partial charge on any atom is 0.401 e. The van der Waals surface area contributed by atoms with Crippen LogP contribution in [0.25, 0.3) is 0 Å². The van der Waals surface area contributed by atoms with Gasteiger partial charge >= 0.3 is 6.18 Å². The highest BCUT2D eigenvalue weighted by atomic mass is 19.4. The monoisotopic (exact) mass is 306 g/mol. The molecule has 0 bridgehead atoms. The van der Waals surface area contributed by atoms with E-state index in [2.05, 4.69) is 15.0 Å². The maximum atomic E-state index is 12.4. The zero-order chi connectivity index (χ0) is 15.6. The lowest BCUT2D eigenvalue weighted by Crippen LogP contribution is -2.49. The van der Waals surface area contributed by atoms with Crippen molar-refractivity contribution in [2.45, 2.75) is 38.9 Å². The Bertz CT molecular complexity index is 453. The van der Waals surface area contributed by atoms with Crippen molar-refractivity contribution in [3.8, 4) is 0 Å². The van der Waals surface area contributed by atoms with Gasteiger partial charge in [0, 0.05) is 32.1 Å². The van der Waals surface area contributed by atoms with E-state index in [1.807, 2.05) is 20.8 Å². The standard InChI is InChI=1S/C13H21F3N4O/c1-9(2)11-17-12(21-18-11)10(3)20-6-4-19(5-7-20)8-13(14,15)16/h9-10H,4-8H2,1-3H3. The Morgan fingerprint density at radius 1 is 1.14 bits per heavy atom. The third-order valence-electron chi connectivity index (χ3n) is 3.69. The smallest absolute Gasteiger partial charge is 0.338 e. The third kappa shape index (κ3) is 4.41. The molecule has 2 heterocycles. The van der Waals surface area contributed by atoms with E-state index in [9.17, 15) is 13.2 Å². The van der Waals surface area contributed by atoms with Crippen LogP contribution in [-0.4, -0.2) is 58.8 Å². The normalized spacial score (nSPS) is 20.1. The predicted octanol–water partition coefficient (Wildman–Crippen LogP) is 2.43. The van der Waals surface area contributed by atoms with Crippen LogP contribution in [0.15, 0.2) is 4.52 Å². The number of aromatic nitrogens is 2. The van der Waals surface area contributed by atoms with Crippen LogP contribution in [0.2, 0.25) is 0 Å². The van der Waals surface area contributed by atoms with Gasteiger partial charge in [0.1, 0.15) is 0 Å². The minimum absolute atomic E-state index is 0.0713. The van der Waals surface area contributed by atoms with Crippen molar-refractivity contribution < 1.29 is 17.7 Å². The lowest BCUT2D eigenvalue weighted by Gasteiger charge is -2.36. The van der Waals surface area contributed by atoms with Gasteiger partial charge in [0.25, 0.3) is 0 Å². The van der Waals surface area contributed by atoms with Crippen LogP contribution < -0.4 is 0 Å². The van der Waals surface area contributed by atoms with Gasteiger partial charge in [-0.25, -0.2) is 0 Å². The first-order valence-corrected chi connectivity index (χ1v) is 7.13. The molecule has 0 amide bonds. The van der Waals surface area contributed by atoms with Crippen molar-refractivity contribution in [3.63, 3.8) is 0 Å². The van der Waals surface area contributed by atoms with Crippen molar-refractivity contribution >= 4 is 0 Å². The SMILES string of the molecule is CC(C)c1noc(C(C)N2CCN(CC(F)(F)F)CC2)n1. The summed E-state index contributed by atoms with van der Waals surface area (Å²) in [6, 6.07) is -0.0713. The second-order valence-corrected chi connectivity index (χ2v) is 5.75. The van der Waals surface area contributed by atoms with E-state index >= 15 is 0 Å². The molecule has 1 aliphatic heterocycles. The van der Waals surface area contributed by atoms with Crippen LogP contribution in [-0.2, 0) is 0 Å². The molecule has 0 aliphatic carbocycles. The zero-order valence-electron chi connectivity index (χ0n) is 12.5. The topological polar surface area (TPSA) is 45.4 Å². The minimum Gasteiger partial charge on any atom is -0.338 e. The zero-order valence-corrected chi connectivity index (χ0v) is 12.5. The average Bonchev–Trinajstić information content (AvgIpc) is 2.86. The quantitative estimate of drug-likeness (QED) is 0.855. The number of halogens is 3. The van der Waals surface area contributed by atoms with Gasteiger partial charge in [-0.3, -0.25) is 9.80 Å². The molecule has 1 unspecified atom stereocenters. The highest BCUT2D eigenvalue weighted by Crippen LogP contribution is 2.23. The molecule has 0 spiro atoms. The molecule has 1 aromatic rings. The van der Waals surface area contributed by atoms with Crippen molar-refractivity contribution in [2.24, 2.45) is 0 Å².